The van der Waals surface area contributed by atoms with Gasteiger partial charge in [-0.15, -0.1) is 0 Å². The summed E-state index contributed by atoms with van der Waals surface area (Å²) >= 11 is 0. The van der Waals surface area contributed by atoms with Gasteiger partial charge in [-0.25, -0.2) is 0 Å². The van der Waals surface area contributed by atoms with Gasteiger partial charge >= 0.3 is 0 Å². The summed E-state index contributed by atoms with van der Waals surface area (Å²) in [6.07, 6.45) is 0. The maximum absolute atomic E-state index is 6.36. The summed E-state index contributed by atoms with van der Waals surface area (Å²) in [6.45, 7) is 4.67. The minimum Gasteiger partial charge on any atom is -0.456 e. The van der Waals surface area contributed by atoms with Crippen LogP contribution in [-0.2, 0) is 5.41 Å². The molecule has 0 N–H and O–H groups in total. The molecule has 1 heterocycles. The fourth-order valence-electron chi connectivity index (χ4n) is 9.22. The number of para-hydroxylation sites is 2. The van der Waals surface area contributed by atoms with Gasteiger partial charge in [-0.1, -0.05) is 141 Å². The monoisotopic (exact) mass is 744 g/mol. The molecule has 3 heteroatoms. The zero-order valence-electron chi connectivity index (χ0n) is 32.4. The Morgan fingerprint density at radius 2 is 0.931 bits per heavy atom. The summed E-state index contributed by atoms with van der Waals surface area (Å²) < 4.78 is 6.36. The first-order valence-corrected chi connectivity index (χ1v) is 20.0. The summed E-state index contributed by atoms with van der Waals surface area (Å²) in [4.78, 5) is 4.78. The summed E-state index contributed by atoms with van der Waals surface area (Å²) in [5.74, 6) is 0. The van der Waals surface area contributed by atoms with Crippen molar-refractivity contribution in [3.8, 4) is 22.3 Å². The quantitative estimate of drug-likeness (QED) is 0.162. The lowest BCUT2D eigenvalue weighted by Crippen LogP contribution is -2.15. The summed E-state index contributed by atoms with van der Waals surface area (Å²) in [6, 6.07) is 74.4. The van der Waals surface area contributed by atoms with Crippen LogP contribution in [0.25, 0.3) is 55.0 Å². The van der Waals surface area contributed by atoms with Crippen LogP contribution in [0, 0.1) is 0 Å². The second-order valence-corrected chi connectivity index (χ2v) is 15.8. The molecule has 0 atom stereocenters. The summed E-state index contributed by atoms with van der Waals surface area (Å²) in [5, 5.41) is 4.59. The van der Waals surface area contributed by atoms with E-state index >= 15 is 0 Å². The van der Waals surface area contributed by atoms with Crippen molar-refractivity contribution < 1.29 is 4.42 Å². The lowest BCUT2D eigenvalue weighted by molar-refractivity contribution is 0.660. The van der Waals surface area contributed by atoms with Gasteiger partial charge in [0.05, 0.1) is 0 Å². The van der Waals surface area contributed by atoms with Gasteiger partial charge in [-0.2, -0.15) is 0 Å². The van der Waals surface area contributed by atoms with E-state index in [0.29, 0.717) is 0 Å². The van der Waals surface area contributed by atoms with Gasteiger partial charge in [0.15, 0.2) is 0 Å². The van der Waals surface area contributed by atoms with Crippen LogP contribution in [0.4, 0.5) is 34.1 Å². The van der Waals surface area contributed by atoms with Gasteiger partial charge in [-0.3, -0.25) is 0 Å². The number of anilines is 6. The van der Waals surface area contributed by atoms with E-state index in [1.165, 1.54) is 33.2 Å². The van der Waals surface area contributed by atoms with Crippen LogP contribution < -0.4 is 9.80 Å². The Kier molecular flexibility index (Phi) is 7.84. The molecule has 11 rings (SSSR count). The van der Waals surface area contributed by atoms with Crippen molar-refractivity contribution in [2.24, 2.45) is 0 Å². The molecule has 1 aliphatic rings. The van der Waals surface area contributed by atoms with Gasteiger partial charge in [0, 0.05) is 50.3 Å². The minimum atomic E-state index is -0.0646. The van der Waals surface area contributed by atoms with E-state index in [0.717, 1.165) is 67.0 Å². The van der Waals surface area contributed by atoms with E-state index in [-0.39, 0.29) is 5.41 Å². The molecule has 9 aromatic carbocycles. The first-order chi connectivity index (χ1) is 28.5. The van der Waals surface area contributed by atoms with Crippen LogP contribution in [-0.4, -0.2) is 0 Å². The van der Waals surface area contributed by atoms with Crippen molar-refractivity contribution in [3.63, 3.8) is 0 Å². The van der Waals surface area contributed by atoms with E-state index in [2.05, 4.69) is 224 Å². The number of rotatable bonds is 7. The highest BCUT2D eigenvalue weighted by Crippen LogP contribution is 2.51. The molecular formula is C55H40N2O. The average Bonchev–Trinajstić information content (AvgIpc) is 3.77. The van der Waals surface area contributed by atoms with Crippen LogP contribution in [0.15, 0.2) is 211 Å². The molecule has 10 aromatic rings. The largest absolute Gasteiger partial charge is 0.456 e. The molecule has 0 radical (unpaired) electrons. The molecule has 0 bridgehead atoms. The highest BCUT2D eigenvalue weighted by atomic mass is 16.3. The number of benzene rings is 9. The molecule has 0 amide bonds. The number of hydrogen-bond acceptors (Lipinski definition) is 3. The van der Waals surface area contributed by atoms with Crippen LogP contribution in [0.2, 0.25) is 0 Å². The highest BCUT2D eigenvalue weighted by Gasteiger charge is 2.35. The molecule has 0 saturated carbocycles. The van der Waals surface area contributed by atoms with E-state index in [4.69, 9.17) is 4.42 Å². The van der Waals surface area contributed by atoms with Crippen LogP contribution in [0.1, 0.15) is 25.0 Å². The third-order valence-electron chi connectivity index (χ3n) is 12.0. The van der Waals surface area contributed by atoms with Gasteiger partial charge in [0.2, 0.25) is 0 Å². The fraction of sp³-hybridized carbons (Fsp3) is 0.0545. The van der Waals surface area contributed by atoms with Gasteiger partial charge in [0.1, 0.15) is 11.2 Å². The smallest absolute Gasteiger partial charge is 0.136 e. The second kappa shape index (κ2) is 13.4. The number of furan rings is 1. The minimum absolute atomic E-state index is 0.0646. The summed E-state index contributed by atoms with van der Waals surface area (Å²) in [5.41, 5.74) is 15.9. The van der Waals surface area contributed by atoms with Crippen molar-refractivity contribution in [2.45, 2.75) is 19.3 Å². The van der Waals surface area contributed by atoms with Crippen molar-refractivity contribution in [2.75, 3.05) is 9.80 Å². The Bertz CT molecular complexity index is 3160. The van der Waals surface area contributed by atoms with E-state index < -0.39 is 0 Å². The van der Waals surface area contributed by atoms with Crippen molar-refractivity contribution in [1.82, 2.24) is 0 Å². The van der Waals surface area contributed by atoms with E-state index in [9.17, 15) is 0 Å². The fourth-order valence-corrected chi connectivity index (χ4v) is 9.22. The topological polar surface area (TPSA) is 19.6 Å². The maximum Gasteiger partial charge on any atom is 0.136 e. The number of nitrogens with zero attached hydrogens (tertiary/aromatic N) is 2. The Morgan fingerprint density at radius 1 is 0.362 bits per heavy atom. The predicted molar refractivity (Wildman–Crippen MR) is 244 cm³/mol. The van der Waals surface area contributed by atoms with E-state index in [1.807, 2.05) is 6.07 Å². The molecule has 0 spiro atoms. The zero-order chi connectivity index (χ0) is 38.8. The van der Waals surface area contributed by atoms with Crippen LogP contribution in [0.5, 0.6) is 0 Å². The van der Waals surface area contributed by atoms with Crippen molar-refractivity contribution in [3.05, 3.63) is 217 Å². The van der Waals surface area contributed by atoms with Crippen LogP contribution in [0.3, 0.4) is 0 Å². The molecule has 3 nitrogen and oxygen atoms in total. The standard InChI is InChI=1S/C55H40N2O/c1-55(2)50-25-11-9-23-46(50)49-36-45(30-31-51(49)55)56(40-18-7-4-8-19-40)42-21-14-22-43(34-42)57(41-20-13-17-39(33-41)37-15-5-3-6-16-37)44-29-27-38-28-32-53-54(48(38)35-44)47-24-10-12-26-52(47)58-53/h3-36H,1-2H3. The molecule has 1 aliphatic carbocycles. The lowest BCUT2D eigenvalue weighted by atomic mass is 9.82. The second-order valence-electron chi connectivity index (χ2n) is 15.8. The van der Waals surface area contributed by atoms with Crippen molar-refractivity contribution >= 4 is 66.8 Å². The molecular weight excluding hydrogens is 705 g/mol. The first-order valence-electron chi connectivity index (χ1n) is 20.0. The van der Waals surface area contributed by atoms with Gasteiger partial charge in [-0.05, 0) is 123 Å². The lowest BCUT2D eigenvalue weighted by Gasteiger charge is -2.30. The first kappa shape index (κ1) is 33.9. The van der Waals surface area contributed by atoms with Crippen LogP contribution >= 0.6 is 0 Å². The third kappa shape index (κ3) is 5.50. The normalized spacial score (nSPS) is 12.8. The Balaban J connectivity index is 1.11. The molecule has 0 aliphatic heterocycles. The maximum atomic E-state index is 6.36. The predicted octanol–water partition coefficient (Wildman–Crippen LogP) is 15.7. The van der Waals surface area contributed by atoms with Gasteiger partial charge in [0.25, 0.3) is 0 Å². The Labute approximate surface area is 338 Å². The molecule has 58 heavy (non-hydrogen) atoms. The number of hydrogen-bond donors (Lipinski definition) is 0. The SMILES string of the molecule is CC1(C)c2ccccc2-c2cc(N(c3ccccc3)c3cccc(N(c4cccc(-c5ccccc5)c4)c4ccc5ccc6oc7ccccc7c6c5c4)c3)ccc21. The average molecular weight is 745 g/mol. The molecule has 1 aromatic heterocycles. The summed E-state index contributed by atoms with van der Waals surface area (Å²) in [7, 11) is 0. The Morgan fingerprint density at radius 3 is 1.76 bits per heavy atom. The molecule has 0 fully saturated rings. The highest BCUT2D eigenvalue weighted by molar-refractivity contribution is 6.19. The molecule has 0 saturated heterocycles. The molecule has 0 unspecified atom stereocenters. The van der Waals surface area contributed by atoms with Crippen molar-refractivity contribution in [1.29, 1.82) is 0 Å². The third-order valence-corrected chi connectivity index (χ3v) is 12.0. The van der Waals surface area contributed by atoms with E-state index in [1.54, 1.807) is 0 Å². The zero-order valence-corrected chi connectivity index (χ0v) is 32.4. The molecule has 276 valence electrons. The number of fused-ring (bicyclic) bond motifs is 8. The van der Waals surface area contributed by atoms with Gasteiger partial charge < -0.3 is 14.2 Å². The Hall–Kier alpha value is -7.36.